The van der Waals surface area contributed by atoms with E-state index in [1.807, 2.05) is 4.90 Å². The molecule has 6 nitrogen and oxygen atoms in total. The minimum atomic E-state index is -4.33. The summed E-state index contributed by atoms with van der Waals surface area (Å²) in [6, 6.07) is 1.84. The highest BCUT2D eigenvalue weighted by Crippen LogP contribution is 2.41. The molecule has 0 bridgehead atoms. The van der Waals surface area contributed by atoms with Crippen LogP contribution in [0.5, 0.6) is 5.75 Å². The van der Waals surface area contributed by atoms with Crippen LogP contribution in [0.1, 0.15) is 24.4 Å². The van der Waals surface area contributed by atoms with Crippen molar-refractivity contribution in [3.63, 3.8) is 0 Å². The molecule has 0 amide bonds. The SMILES string of the molecule is Cl.Cl.O=[N+]([O-])c1cc(Br)cc([C@@H](CCC(F)(F)F)N2CCNCC2)c1O. The predicted octanol–water partition coefficient (Wildman–Crippen LogP) is 4.20. The first kappa shape index (κ1) is 25.2. The Morgan fingerprint density at radius 1 is 1.31 bits per heavy atom. The van der Waals surface area contributed by atoms with Gasteiger partial charge < -0.3 is 10.4 Å². The second kappa shape index (κ2) is 10.5. The third-order valence-corrected chi connectivity index (χ3v) is 4.39. The van der Waals surface area contributed by atoms with Crippen molar-refractivity contribution in [3.8, 4) is 5.75 Å². The Kier molecular flexibility index (Phi) is 10.2. The molecule has 1 fully saturated rings. The molecule has 0 saturated carbocycles. The van der Waals surface area contributed by atoms with Crippen LogP contribution in [0.15, 0.2) is 16.6 Å². The smallest absolute Gasteiger partial charge is 0.389 e. The number of halogens is 6. The molecule has 1 aromatic rings. The molecule has 1 atom stereocenters. The van der Waals surface area contributed by atoms with E-state index in [0.29, 0.717) is 30.7 Å². The number of nitro benzene ring substituents is 1. The van der Waals surface area contributed by atoms with Gasteiger partial charge in [0.15, 0.2) is 5.75 Å². The van der Waals surface area contributed by atoms with Gasteiger partial charge >= 0.3 is 11.9 Å². The van der Waals surface area contributed by atoms with Crippen molar-refractivity contribution >= 4 is 46.4 Å². The van der Waals surface area contributed by atoms with Gasteiger partial charge in [-0.2, -0.15) is 13.2 Å². The molecule has 1 aliphatic heterocycles. The fourth-order valence-electron chi connectivity index (χ4n) is 2.83. The number of hydrogen-bond acceptors (Lipinski definition) is 5. The summed E-state index contributed by atoms with van der Waals surface area (Å²) < 4.78 is 38.4. The second-order valence-electron chi connectivity index (χ2n) is 5.58. The van der Waals surface area contributed by atoms with E-state index >= 15 is 0 Å². The molecule has 0 unspecified atom stereocenters. The number of phenolic OH excluding ortho intramolecular Hbond substituents is 1. The van der Waals surface area contributed by atoms with Gasteiger partial charge in [0.25, 0.3) is 0 Å². The first-order chi connectivity index (χ1) is 11.2. The number of nitro groups is 1. The van der Waals surface area contributed by atoms with Crippen molar-refractivity contribution in [2.24, 2.45) is 0 Å². The molecule has 1 saturated heterocycles. The number of rotatable bonds is 5. The van der Waals surface area contributed by atoms with Crippen LogP contribution < -0.4 is 5.32 Å². The Morgan fingerprint density at radius 3 is 2.38 bits per heavy atom. The molecule has 0 spiro atoms. The Balaban J connectivity index is 0.00000312. The summed E-state index contributed by atoms with van der Waals surface area (Å²) in [5, 5.41) is 24.4. The van der Waals surface area contributed by atoms with Gasteiger partial charge in [-0.25, -0.2) is 0 Å². The van der Waals surface area contributed by atoms with Gasteiger partial charge in [-0.15, -0.1) is 24.8 Å². The fraction of sp³-hybridized carbons (Fsp3) is 0.571. The zero-order valence-corrected chi connectivity index (χ0v) is 16.7. The van der Waals surface area contributed by atoms with Gasteiger partial charge in [0.2, 0.25) is 0 Å². The number of alkyl halides is 3. The summed E-state index contributed by atoms with van der Waals surface area (Å²) in [6.07, 6.45) is -5.63. The predicted molar refractivity (Wildman–Crippen MR) is 99.4 cm³/mol. The normalized spacial score (nSPS) is 16.3. The van der Waals surface area contributed by atoms with Crippen LogP contribution in [0.2, 0.25) is 0 Å². The first-order valence-electron chi connectivity index (χ1n) is 7.37. The maximum absolute atomic E-state index is 12.7. The standard InChI is InChI=1S/C14H17BrF3N3O3.2ClH/c15-9-7-10(13(22)12(8-9)21(23)24)11(1-2-14(16,17)18)20-5-3-19-4-6-20;;/h7-8,11,19,22H,1-6H2;2*1H/t11-;;/m1../s1. The number of aromatic hydroxyl groups is 1. The van der Waals surface area contributed by atoms with Crippen LogP contribution in [-0.2, 0) is 0 Å². The zero-order chi connectivity index (χ0) is 17.9. The number of nitrogens with zero attached hydrogens (tertiary/aromatic N) is 2. The van der Waals surface area contributed by atoms with E-state index in [4.69, 9.17) is 0 Å². The quantitative estimate of drug-likeness (QED) is 0.483. The Bertz CT molecular complexity index is 617. The molecule has 12 heteroatoms. The van der Waals surface area contributed by atoms with E-state index in [0.717, 1.165) is 6.07 Å². The van der Waals surface area contributed by atoms with Gasteiger partial charge in [-0.1, -0.05) is 15.9 Å². The van der Waals surface area contributed by atoms with Crippen molar-refractivity contribution in [1.29, 1.82) is 0 Å². The number of benzene rings is 1. The van der Waals surface area contributed by atoms with Gasteiger partial charge in [-0.3, -0.25) is 15.0 Å². The van der Waals surface area contributed by atoms with Crippen LogP contribution in [0.3, 0.4) is 0 Å². The summed E-state index contributed by atoms with van der Waals surface area (Å²) in [5.41, 5.74) is -0.381. The van der Waals surface area contributed by atoms with Crippen molar-refractivity contribution in [2.45, 2.75) is 25.1 Å². The maximum Gasteiger partial charge on any atom is 0.389 e. The van der Waals surface area contributed by atoms with Crippen LogP contribution >= 0.6 is 40.7 Å². The van der Waals surface area contributed by atoms with Crippen LogP contribution in [0.25, 0.3) is 0 Å². The average Bonchev–Trinajstić information content (AvgIpc) is 2.50. The Hall–Kier alpha value is -0.810. The van der Waals surface area contributed by atoms with Gasteiger partial charge in [0.1, 0.15) is 0 Å². The minimum absolute atomic E-state index is 0. The lowest BCUT2D eigenvalue weighted by molar-refractivity contribution is -0.386. The molecule has 150 valence electrons. The Labute approximate surface area is 169 Å². The Morgan fingerprint density at radius 2 is 1.88 bits per heavy atom. The van der Waals surface area contributed by atoms with Crippen LogP contribution in [-0.4, -0.2) is 47.3 Å². The number of nitrogens with one attached hydrogen (secondary N) is 1. The molecule has 2 N–H and O–H groups in total. The van der Waals surface area contributed by atoms with E-state index in [9.17, 15) is 28.4 Å². The summed E-state index contributed by atoms with van der Waals surface area (Å²) in [4.78, 5) is 12.1. The van der Waals surface area contributed by atoms with Gasteiger partial charge in [-0.05, 0) is 12.5 Å². The van der Waals surface area contributed by atoms with Crippen molar-refractivity contribution in [1.82, 2.24) is 10.2 Å². The number of hydrogen-bond donors (Lipinski definition) is 2. The van der Waals surface area contributed by atoms with Gasteiger partial charge in [0, 0.05) is 54.7 Å². The van der Waals surface area contributed by atoms with E-state index in [-0.39, 0.29) is 36.8 Å². The van der Waals surface area contributed by atoms with Gasteiger partial charge in [0.05, 0.1) is 4.92 Å². The molecule has 1 heterocycles. The van der Waals surface area contributed by atoms with Crippen LogP contribution in [0, 0.1) is 10.1 Å². The first-order valence-corrected chi connectivity index (χ1v) is 8.16. The molecule has 1 aromatic carbocycles. The fourth-order valence-corrected chi connectivity index (χ4v) is 3.29. The van der Waals surface area contributed by atoms with Crippen molar-refractivity contribution < 1.29 is 23.2 Å². The summed E-state index contributed by atoms with van der Waals surface area (Å²) >= 11 is 3.13. The minimum Gasteiger partial charge on any atom is -0.502 e. The third kappa shape index (κ3) is 6.73. The number of piperazine rings is 1. The molecule has 26 heavy (non-hydrogen) atoms. The van der Waals surface area contributed by atoms with Crippen molar-refractivity contribution in [3.05, 3.63) is 32.3 Å². The highest BCUT2D eigenvalue weighted by Gasteiger charge is 2.34. The van der Waals surface area contributed by atoms with E-state index < -0.39 is 35.0 Å². The monoisotopic (exact) mass is 483 g/mol. The molecule has 1 aliphatic rings. The van der Waals surface area contributed by atoms with Crippen molar-refractivity contribution in [2.75, 3.05) is 26.2 Å². The third-order valence-electron chi connectivity index (χ3n) is 3.93. The second-order valence-corrected chi connectivity index (χ2v) is 6.49. The summed E-state index contributed by atoms with van der Waals surface area (Å²) in [5.74, 6) is -0.575. The molecule has 0 radical (unpaired) electrons. The van der Waals surface area contributed by atoms with E-state index in [1.54, 1.807) is 0 Å². The highest BCUT2D eigenvalue weighted by molar-refractivity contribution is 9.10. The average molecular weight is 485 g/mol. The number of phenols is 1. The zero-order valence-electron chi connectivity index (χ0n) is 13.5. The lowest BCUT2D eigenvalue weighted by Crippen LogP contribution is -2.45. The van der Waals surface area contributed by atoms with Crippen LogP contribution in [0.4, 0.5) is 18.9 Å². The molecule has 0 aliphatic carbocycles. The maximum atomic E-state index is 12.7. The molecule has 0 aromatic heterocycles. The molecular weight excluding hydrogens is 466 g/mol. The van der Waals surface area contributed by atoms with E-state index in [2.05, 4.69) is 21.2 Å². The van der Waals surface area contributed by atoms with E-state index in [1.165, 1.54) is 6.07 Å². The molecule has 2 rings (SSSR count). The summed E-state index contributed by atoms with van der Waals surface area (Å²) in [6.45, 7) is 2.23. The topological polar surface area (TPSA) is 78.6 Å². The largest absolute Gasteiger partial charge is 0.502 e. The lowest BCUT2D eigenvalue weighted by Gasteiger charge is -2.35. The highest BCUT2D eigenvalue weighted by atomic mass is 79.9. The molecular formula is C14H19BrCl2F3N3O3. The lowest BCUT2D eigenvalue weighted by atomic mass is 9.97. The summed E-state index contributed by atoms with van der Waals surface area (Å²) in [7, 11) is 0.